The summed E-state index contributed by atoms with van der Waals surface area (Å²) in [7, 11) is 1.55. The monoisotopic (exact) mass is 283 g/mol. The summed E-state index contributed by atoms with van der Waals surface area (Å²) in [5.74, 6) is 0.554. The first-order chi connectivity index (χ1) is 5.16. The Kier molecular flexibility index (Phi) is 2.84. The number of nitrogens with two attached hydrogens (primary N) is 1. The van der Waals surface area contributed by atoms with E-state index in [1.54, 1.807) is 13.2 Å². The van der Waals surface area contributed by atoms with Crippen LogP contribution in [0, 0.1) is 3.57 Å². The number of methoxy groups -OCH3 is 1. The lowest BCUT2D eigenvalue weighted by atomic mass is 10.3. The number of benzene rings is 1. The Balaban J connectivity index is 3.29. The molecule has 4 heteroatoms. The lowest BCUT2D eigenvalue weighted by Gasteiger charge is -2.06. The maximum absolute atomic E-state index is 5.89. The van der Waals surface area contributed by atoms with Gasteiger partial charge in [0.05, 0.1) is 17.8 Å². The molecule has 0 spiro atoms. The number of nitrogen functional groups attached to an aromatic ring is 1. The van der Waals surface area contributed by atoms with Crippen molar-refractivity contribution in [2.75, 3.05) is 12.8 Å². The summed E-state index contributed by atoms with van der Waals surface area (Å²) in [4.78, 5) is 0. The molecule has 0 unspecified atom stereocenters. The van der Waals surface area contributed by atoms with Gasteiger partial charge in [-0.05, 0) is 34.7 Å². The predicted octanol–water partition coefficient (Wildman–Crippen LogP) is 2.54. The predicted molar refractivity (Wildman–Crippen MR) is 55.1 cm³/mol. The van der Waals surface area contributed by atoms with Crippen molar-refractivity contribution in [3.8, 4) is 5.75 Å². The molecule has 0 amide bonds. The molecule has 60 valence electrons. The number of halogens is 2. The second-order valence-electron chi connectivity index (χ2n) is 1.98. The van der Waals surface area contributed by atoms with E-state index < -0.39 is 0 Å². The largest absolute Gasteiger partial charge is 0.493 e. The van der Waals surface area contributed by atoms with E-state index in [-0.39, 0.29) is 0 Å². The van der Waals surface area contributed by atoms with Crippen molar-refractivity contribution in [3.05, 3.63) is 20.7 Å². The lowest BCUT2D eigenvalue weighted by Crippen LogP contribution is -1.93. The minimum atomic E-state index is 0.554. The van der Waals surface area contributed by atoms with Crippen LogP contribution in [0.15, 0.2) is 12.1 Å². The molecular formula is C7H7ClINO. The molecule has 2 nitrogen and oxygen atoms in total. The molecule has 0 aliphatic carbocycles. The lowest BCUT2D eigenvalue weighted by molar-refractivity contribution is 0.417. The maximum Gasteiger partial charge on any atom is 0.161 e. The molecule has 0 aliphatic heterocycles. The zero-order chi connectivity index (χ0) is 8.43. The summed E-state index contributed by atoms with van der Waals surface area (Å²) in [6, 6.07) is 3.62. The molecule has 0 saturated heterocycles. The molecule has 0 radical (unpaired) electrons. The molecule has 1 aromatic rings. The molecule has 0 atom stereocenters. The third-order valence-corrected chi connectivity index (χ3v) is 2.88. The van der Waals surface area contributed by atoms with Crippen molar-refractivity contribution in [1.82, 2.24) is 0 Å². The number of rotatable bonds is 1. The highest BCUT2D eigenvalue weighted by Crippen LogP contribution is 2.34. The van der Waals surface area contributed by atoms with Gasteiger partial charge in [0.1, 0.15) is 0 Å². The van der Waals surface area contributed by atoms with Crippen LogP contribution < -0.4 is 10.5 Å². The summed E-state index contributed by atoms with van der Waals surface area (Å²) in [5.41, 5.74) is 6.16. The van der Waals surface area contributed by atoms with Crippen molar-refractivity contribution < 1.29 is 4.74 Å². The fourth-order valence-electron chi connectivity index (χ4n) is 0.754. The van der Waals surface area contributed by atoms with Crippen molar-refractivity contribution in [3.63, 3.8) is 0 Å². The summed E-state index contributed by atoms with van der Waals surface area (Å²) in [6.07, 6.45) is 0. The van der Waals surface area contributed by atoms with Crippen LogP contribution >= 0.6 is 34.2 Å². The van der Waals surface area contributed by atoms with Gasteiger partial charge in [0.15, 0.2) is 5.75 Å². The van der Waals surface area contributed by atoms with E-state index in [9.17, 15) is 0 Å². The van der Waals surface area contributed by atoms with Crippen molar-refractivity contribution >= 4 is 39.9 Å². The van der Waals surface area contributed by atoms with Gasteiger partial charge in [-0.2, -0.15) is 0 Å². The van der Waals surface area contributed by atoms with Crippen molar-refractivity contribution in [2.24, 2.45) is 0 Å². The highest BCUT2D eigenvalue weighted by molar-refractivity contribution is 14.1. The van der Waals surface area contributed by atoms with Gasteiger partial charge in [0, 0.05) is 3.57 Å². The SMILES string of the molecule is COc1c(N)ccc(I)c1Cl. The third kappa shape index (κ3) is 1.70. The summed E-state index contributed by atoms with van der Waals surface area (Å²) >= 11 is 8.01. The van der Waals surface area contributed by atoms with Crippen LogP contribution in [0.1, 0.15) is 0 Å². The van der Waals surface area contributed by atoms with Crippen LogP contribution in [0.2, 0.25) is 5.02 Å². The molecular weight excluding hydrogens is 276 g/mol. The quantitative estimate of drug-likeness (QED) is 0.635. The Labute approximate surface area is 83.8 Å². The molecule has 0 aliphatic rings. The number of hydrogen-bond acceptors (Lipinski definition) is 2. The van der Waals surface area contributed by atoms with Crippen LogP contribution in [0.4, 0.5) is 5.69 Å². The molecule has 0 aromatic heterocycles. The van der Waals surface area contributed by atoms with E-state index >= 15 is 0 Å². The Morgan fingerprint density at radius 2 is 2.18 bits per heavy atom. The van der Waals surface area contributed by atoms with Crippen molar-refractivity contribution in [1.29, 1.82) is 0 Å². The summed E-state index contributed by atoms with van der Waals surface area (Å²) in [6.45, 7) is 0. The molecule has 2 N–H and O–H groups in total. The van der Waals surface area contributed by atoms with Crippen LogP contribution in [0.5, 0.6) is 5.75 Å². The molecule has 11 heavy (non-hydrogen) atoms. The first-order valence-corrected chi connectivity index (χ1v) is 4.40. The van der Waals surface area contributed by atoms with E-state index in [2.05, 4.69) is 22.6 Å². The first-order valence-electron chi connectivity index (χ1n) is 2.94. The Hall–Kier alpha value is -0.160. The first kappa shape index (κ1) is 8.93. The molecule has 1 rings (SSSR count). The van der Waals surface area contributed by atoms with Gasteiger partial charge in [0.25, 0.3) is 0 Å². The molecule has 0 bridgehead atoms. The van der Waals surface area contributed by atoms with E-state index in [1.165, 1.54) is 0 Å². The minimum absolute atomic E-state index is 0.554. The second-order valence-corrected chi connectivity index (χ2v) is 3.52. The topological polar surface area (TPSA) is 35.2 Å². The standard InChI is InChI=1S/C7H7ClINO/c1-11-7-5(10)3-2-4(9)6(7)8/h2-3H,10H2,1H3. The molecule has 0 fully saturated rings. The normalized spacial score (nSPS) is 9.73. The van der Waals surface area contributed by atoms with Crippen LogP contribution in [0.3, 0.4) is 0 Å². The average molecular weight is 283 g/mol. The second kappa shape index (κ2) is 3.49. The van der Waals surface area contributed by atoms with E-state index in [1.807, 2.05) is 6.07 Å². The van der Waals surface area contributed by atoms with E-state index in [0.29, 0.717) is 16.5 Å². The van der Waals surface area contributed by atoms with Crippen LogP contribution in [-0.4, -0.2) is 7.11 Å². The van der Waals surface area contributed by atoms with Gasteiger partial charge in [-0.15, -0.1) is 0 Å². The Morgan fingerprint density at radius 1 is 1.55 bits per heavy atom. The van der Waals surface area contributed by atoms with Crippen molar-refractivity contribution in [2.45, 2.75) is 0 Å². The van der Waals surface area contributed by atoms with E-state index in [0.717, 1.165) is 3.57 Å². The van der Waals surface area contributed by atoms with Crippen LogP contribution in [-0.2, 0) is 0 Å². The van der Waals surface area contributed by atoms with E-state index in [4.69, 9.17) is 22.1 Å². The Morgan fingerprint density at radius 3 is 2.64 bits per heavy atom. The fourth-order valence-corrected chi connectivity index (χ4v) is 1.43. The minimum Gasteiger partial charge on any atom is -0.493 e. The zero-order valence-electron chi connectivity index (χ0n) is 5.90. The molecule has 0 heterocycles. The van der Waals surface area contributed by atoms with Gasteiger partial charge in [-0.3, -0.25) is 0 Å². The molecule has 1 aromatic carbocycles. The maximum atomic E-state index is 5.89. The van der Waals surface area contributed by atoms with Gasteiger partial charge in [-0.1, -0.05) is 11.6 Å². The number of ether oxygens (including phenoxy) is 1. The number of hydrogen-bond donors (Lipinski definition) is 1. The zero-order valence-corrected chi connectivity index (χ0v) is 8.81. The van der Waals surface area contributed by atoms with Gasteiger partial charge in [0.2, 0.25) is 0 Å². The van der Waals surface area contributed by atoms with Gasteiger partial charge >= 0.3 is 0 Å². The van der Waals surface area contributed by atoms with Crippen LogP contribution in [0.25, 0.3) is 0 Å². The smallest absolute Gasteiger partial charge is 0.161 e. The highest BCUT2D eigenvalue weighted by atomic mass is 127. The Bertz CT molecular complexity index is 277. The fraction of sp³-hybridized carbons (Fsp3) is 0.143. The third-order valence-electron chi connectivity index (χ3n) is 1.28. The summed E-state index contributed by atoms with van der Waals surface area (Å²) in [5, 5.41) is 0.577. The highest BCUT2D eigenvalue weighted by Gasteiger charge is 2.07. The summed E-state index contributed by atoms with van der Waals surface area (Å²) < 4.78 is 5.93. The van der Waals surface area contributed by atoms with Gasteiger partial charge in [-0.25, -0.2) is 0 Å². The molecule has 0 saturated carbocycles. The van der Waals surface area contributed by atoms with Gasteiger partial charge < -0.3 is 10.5 Å². The average Bonchev–Trinajstić information content (AvgIpc) is 1.99. The number of anilines is 1.